The van der Waals surface area contributed by atoms with Crippen LogP contribution < -0.4 is 10.5 Å². The molecule has 0 aliphatic heterocycles. The van der Waals surface area contributed by atoms with Crippen LogP contribution in [0.4, 0.5) is 0 Å². The van der Waals surface area contributed by atoms with Crippen molar-refractivity contribution in [2.24, 2.45) is 5.73 Å². The Morgan fingerprint density at radius 1 is 1.29 bits per heavy atom. The highest BCUT2D eigenvalue weighted by atomic mass is 16.5. The molecule has 0 saturated heterocycles. The molecule has 0 aromatic heterocycles. The first-order chi connectivity index (χ1) is 8.25. The lowest BCUT2D eigenvalue weighted by atomic mass is 9.64. The third-order valence-corrected chi connectivity index (χ3v) is 3.89. The summed E-state index contributed by atoms with van der Waals surface area (Å²) in [5, 5.41) is 0. The second kappa shape index (κ2) is 5.07. The molecule has 0 bridgehead atoms. The predicted molar refractivity (Wildman–Crippen MR) is 68.3 cm³/mol. The number of benzene rings is 1. The Labute approximate surface area is 103 Å². The van der Waals surface area contributed by atoms with Crippen LogP contribution in [0, 0.1) is 0 Å². The van der Waals surface area contributed by atoms with Gasteiger partial charge in [-0.25, -0.2) is 0 Å². The standard InChI is InChI=1S/C14H21NO2/c1-16-9-11-8-12(4-5-13(11)17-2)14(10-15)6-3-7-14/h4-5,8H,3,6-7,9-10,15H2,1-2H3. The summed E-state index contributed by atoms with van der Waals surface area (Å²) >= 11 is 0. The zero-order valence-corrected chi connectivity index (χ0v) is 10.7. The zero-order chi connectivity index (χ0) is 12.3. The highest BCUT2D eigenvalue weighted by Gasteiger charge is 2.37. The number of rotatable bonds is 5. The van der Waals surface area contributed by atoms with E-state index in [1.807, 2.05) is 6.07 Å². The fourth-order valence-electron chi connectivity index (χ4n) is 2.59. The molecule has 1 fully saturated rings. The average Bonchev–Trinajstić information content (AvgIpc) is 2.29. The highest BCUT2D eigenvalue weighted by Crippen LogP contribution is 2.43. The minimum absolute atomic E-state index is 0.203. The van der Waals surface area contributed by atoms with E-state index < -0.39 is 0 Å². The van der Waals surface area contributed by atoms with Crippen molar-refractivity contribution >= 4 is 0 Å². The van der Waals surface area contributed by atoms with E-state index >= 15 is 0 Å². The van der Waals surface area contributed by atoms with Gasteiger partial charge in [0.05, 0.1) is 13.7 Å². The van der Waals surface area contributed by atoms with Crippen molar-refractivity contribution < 1.29 is 9.47 Å². The largest absolute Gasteiger partial charge is 0.496 e. The Balaban J connectivity index is 2.32. The summed E-state index contributed by atoms with van der Waals surface area (Å²) in [6, 6.07) is 6.36. The molecule has 3 nitrogen and oxygen atoms in total. The number of nitrogens with two attached hydrogens (primary N) is 1. The van der Waals surface area contributed by atoms with Crippen LogP contribution >= 0.6 is 0 Å². The molecule has 3 heteroatoms. The van der Waals surface area contributed by atoms with Crippen molar-refractivity contribution in [2.45, 2.75) is 31.3 Å². The lowest BCUT2D eigenvalue weighted by molar-refractivity contribution is 0.181. The molecule has 0 heterocycles. The van der Waals surface area contributed by atoms with E-state index in [-0.39, 0.29) is 5.41 Å². The van der Waals surface area contributed by atoms with Gasteiger partial charge in [0, 0.05) is 24.6 Å². The van der Waals surface area contributed by atoms with E-state index in [1.165, 1.54) is 24.8 Å². The van der Waals surface area contributed by atoms with Gasteiger partial charge in [-0.05, 0) is 30.5 Å². The van der Waals surface area contributed by atoms with E-state index in [1.54, 1.807) is 14.2 Å². The maximum Gasteiger partial charge on any atom is 0.124 e. The molecule has 0 radical (unpaired) electrons. The van der Waals surface area contributed by atoms with Gasteiger partial charge >= 0.3 is 0 Å². The highest BCUT2D eigenvalue weighted by molar-refractivity contribution is 5.41. The van der Waals surface area contributed by atoms with Crippen LogP contribution in [0.15, 0.2) is 18.2 Å². The Morgan fingerprint density at radius 3 is 2.53 bits per heavy atom. The number of hydrogen-bond donors (Lipinski definition) is 1. The molecule has 1 aromatic rings. The van der Waals surface area contributed by atoms with E-state index in [4.69, 9.17) is 15.2 Å². The van der Waals surface area contributed by atoms with Crippen LogP contribution in [0.1, 0.15) is 30.4 Å². The second-order valence-electron chi connectivity index (χ2n) is 4.80. The number of ether oxygens (including phenoxy) is 2. The van der Waals surface area contributed by atoms with Crippen LogP contribution in [-0.4, -0.2) is 20.8 Å². The van der Waals surface area contributed by atoms with Gasteiger partial charge in [-0.3, -0.25) is 0 Å². The van der Waals surface area contributed by atoms with E-state index in [0.29, 0.717) is 6.61 Å². The monoisotopic (exact) mass is 235 g/mol. The molecule has 0 amide bonds. The summed E-state index contributed by atoms with van der Waals surface area (Å²) in [7, 11) is 3.39. The number of methoxy groups -OCH3 is 2. The fourth-order valence-corrected chi connectivity index (χ4v) is 2.59. The van der Waals surface area contributed by atoms with Gasteiger partial charge in [0.15, 0.2) is 0 Å². The minimum Gasteiger partial charge on any atom is -0.496 e. The van der Waals surface area contributed by atoms with Crippen molar-refractivity contribution in [1.82, 2.24) is 0 Å². The molecule has 1 aliphatic rings. The first kappa shape index (κ1) is 12.4. The normalized spacial score (nSPS) is 17.6. The first-order valence-electron chi connectivity index (χ1n) is 6.12. The Bertz CT molecular complexity index is 380. The second-order valence-corrected chi connectivity index (χ2v) is 4.80. The Morgan fingerprint density at radius 2 is 2.06 bits per heavy atom. The third-order valence-electron chi connectivity index (χ3n) is 3.89. The molecule has 17 heavy (non-hydrogen) atoms. The maximum absolute atomic E-state index is 5.93. The third kappa shape index (κ3) is 2.17. The van der Waals surface area contributed by atoms with Gasteiger partial charge in [0.25, 0.3) is 0 Å². The molecular weight excluding hydrogens is 214 g/mol. The topological polar surface area (TPSA) is 44.5 Å². The lowest BCUT2D eigenvalue weighted by Crippen LogP contribution is -2.41. The maximum atomic E-state index is 5.93. The zero-order valence-electron chi connectivity index (χ0n) is 10.7. The molecule has 1 aromatic carbocycles. The molecule has 0 atom stereocenters. The molecule has 0 unspecified atom stereocenters. The summed E-state index contributed by atoms with van der Waals surface area (Å²) in [6.45, 7) is 1.31. The van der Waals surface area contributed by atoms with Crippen LogP contribution in [0.3, 0.4) is 0 Å². The van der Waals surface area contributed by atoms with Crippen LogP contribution in [-0.2, 0) is 16.8 Å². The summed E-state index contributed by atoms with van der Waals surface area (Å²) < 4.78 is 10.6. The van der Waals surface area contributed by atoms with Gasteiger partial charge in [0.1, 0.15) is 5.75 Å². The van der Waals surface area contributed by atoms with Gasteiger partial charge < -0.3 is 15.2 Å². The SMILES string of the molecule is COCc1cc(C2(CN)CCC2)ccc1OC. The van der Waals surface area contributed by atoms with E-state index in [2.05, 4.69) is 12.1 Å². The fraction of sp³-hybridized carbons (Fsp3) is 0.571. The van der Waals surface area contributed by atoms with Gasteiger partial charge in [-0.15, -0.1) is 0 Å². The Kier molecular flexibility index (Phi) is 3.69. The van der Waals surface area contributed by atoms with Crippen molar-refractivity contribution in [2.75, 3.05) is 20.8 Å². The Hall–Kier alpha value is -1.06. The van der Waals surface area contributed by atoms with Crippen molar-refractivity contribution in [3.8, 4) is 5.75 Å². The molecule has 1 saturated carbocycles. The smallest absolute Gasteiger partial charge is 0.124 e. The van der Waals surface area contributed by atoms with Gasteiger partial charge in [-0.2, -0.15) is 0 Å². The van der Waals surface area contributed by atoms with Gasteiger partial charge in [-0.1, -0.05) is 12.5 Å². The molecule has 1 aliphatic carbocycles. The van der Waals surface area contributed by atoms with E-state index in [0.717, 1.165) is 17.9 Å². The first-order valence-corrected chi connectivity index (χ1v) is 6.12. The average molecular weight is 235 g/mol. The number of hydrogen-bond acceptors (Lipinski definition) is 3. The summed E-state index contributed by atoms with van der Waals surface area (Å²) in [4.78, 5) is 0. The summed E-state index contributed by atoms with van der Waals surface area (Å²) in [6.07, 6.45) is 3.67. The summed E-state index contributed by atoms with van der Waals surface area (Å²) in [5.41, 5.74) is 8.57. The molecule has 0 spiro atoms. The molecule has 2 rings (SSSR count). The molecule has 94 valence electrons. The predicted octanol–water partition coefficient (Wildman–Crippen LogP) is 2.22. The molecular formula is C14H21NO2. The molecule has 2 N–H and O–H groups in total. The summed E-state index contributed by atoms with van der Waals surface area (Å²) in [5.74, 6) is 0.891. The van der Waals surface area contributed by atoms with Crippen LogP contribution in [0.2, 0.25) is 0 Å². The van der Waals surface area contributed by atoms with Crippen molar-refractivity contribution in [3.05, 3.63) is 29.3 Å². The van der Waals surface area contributed by atoms with Crippen molar-refractivity contribution in [1.29, 1.82) is 0 Å². The van der Waals surface area contributed by atoms with Gasteiger partial charge in [0.2, 0.25) is 0 Å². The van der Waals surface area contributed by atoms with Crippen molar-refractivity contribution in [3.63, 3.8) is 0 Å². The van der Waals surface area contributed by atoms with Crippen LogP contribution in [0.25, 0.3) is 0 Å². The van der Waals surface area contributed by atoms with E-state index in [9.17, 15) is 0 Å². The quantitative estimate of drug-likeness (QED) is 0.851. The van der Waals surface area contributed by atoms with Crippen LogP contribution in [0.5, 0.6) is 5.75 Å². The lowest BCUT2D eigenvalue weighted by Gasteiger charge is -2.41. The minimum atomic E-state index is 0.203.